The zero-order valence-corrected chi connectivity index (χ0v) is 11.6. The molecule has 0 aliphatic rings. The second-order valence-electron chi connectivity index (χ2n) is 3.99. The van der Waals surface area contributed by atoms with Gasteiger partial charge >= 0.3 is 0 Å². The van der Waals surface area contributed by atoms with Crippen LogP contribution in [0.4, 0.5) is 11.6 Å². The SMILES string of the molecule is CC(CNc1nc(NN)c(Cl)cc1Cl)N(C)C. The van der Waals surface area contributed by atoms with Crippen LogP contribution in [0.1, 0.15) is 6.92 Å². The molecule has 0 aliphatic carbocycles. The van der Waals surface area contributed by atoms with Crippen LogP contribution in [0.25, 0.3) is 0 Å². The van der Waals surface area contributed by atoms with E-state index in [9.17, 15) is 0 Å². The van der Waals surface area contributed by atoms with Crippen molar-refractivity contribution in [3.8, 4) is 0 Å². The van der Waals surface area contributed by atoms with Crippen molar-refractivity contribution < 1.29 is 0 Å². The molecule has 5 nitrogen and oxygen atoms in total. The van der Waals surface area contributed by atoms with Gasteiger partial charge in [0.05, 0.1) is 10.0 Å². The molecule has 7 heteroatoms. The number of aromatic nitrogens is 1. The minimum Gasteiger partial charge on any atom is -0.367 e. The molecular weight excluding hydrogens is 261 g/mol. The second kappa shape index (κ2) is 6.26. The molecule has 96 valence electrons. The van der Waals surface area contributed by atoms with Crippen molar-refractivity contribution in [3.05, 3.63) is 16.1 Å². The average molecular weight is 278 g/mol. The summed E-state index contributed by atoms with van der Waals surface area (Å²) < 4.78 is 0. The van der Waals surface area contributed by atoms with E-state index in [1.165, 1.54) is 0 Å². The van der Waals surface area contributed by atoms with Crippen molar-refractivity contribution in [2.75, 3.05) is 31.4 Å². The van der Waals surface area contributed by atoms with Gasteiger partial charge in [0.15, 0.2) is 5.82 Å². The second-order valence-corrected chi connectivity index (χ2v) is 4.80. The van der Waals surface area contributed by atoms with Crippen molar-refractivity contribution in [2.24, 2.45) is 5.84 Å². The standard InChI is InChI=1S/C10H17Cl2N5/c1-6(17(2)3)5-14-9-7(11)4-8(12)10(15-9)16-13/h4,6H,5,13H2,1-3H3,(H2,14,15,16). The molecule has 1 unspecified atom stereocenters. The van der Waals surface area contributed by atoms with Crippen LogP contribution in [0.3, 0.4) is 0 Å². The highest BCUT2D eigenvalue weighted by Crippen LogP contribution is 2.28. The maximum absolute atomic E-state index is 6.03. The van der Waals surface area contributed by atoms with Gasteiger partial charge in [-0.05, 0) is 27.1 Å². The van der Waals surface area contributed by atoms with Crippen molar-refractivity contribution in [1.29, 1.82) is 0 Å². The molecule has 0 bridgehead atoms. The van der Waals surface area contributed by atoms with Gasteiger partial charge in [-0.2, -0.15) is 0 Å². The van der Waals surface area contributed by atoms with Gasteiger partial charge < -0.3 is 15.6 Å². The van der Waals surface area contributed by atoms with Crippen molar-refractivity contribution >= 4 is 34.8 Å². The first-order chi connectivity index (χ1) is 7.95. The Morgan fingerprint density at radius 2 is 1.94 bits per heavy atom. The van der Waals surface area contributed by atoms with Crippen LogP contribution in [0.2, 0.25) is 10.0 Å². The van der Waals surface area contributed by atoms with Crippen LogP contribution in [0, 0.1) is 0 Å². The van der Waals surface area contributed by atoms with E-state index in [0.717, 1.165) is 6.54 Å². The molecule has 0 spiro atoms. The fourth-order valence-corrected chi connectivity index (χ4v) is 1.60. The zero-order chi connectivity index (χ0) is 13.0. The molecule has 1 rings (SSSR count). The van der Waals surface area contributed by atoms with E-state index in [1.807, 2.05) is 14.1 Å². The summed E-state index contributed by atoms with van der Waals surface area (Å²) in [4.78, 5) is 6.29. The summed E-state index contributed by atoms with van der Waals surface area (Å²) in [5, 5.41) is 4.02. The first-order valence-corrected chi connectivity index (χ1v) is 5.94. The van der Waals surface area contributed by atoms with E-state index in [4.69, 9.17) is 29.0 Å². The van der Waals surface area contributed by atoms with Gasteiger partial charge in [0.2, 0.25) is 0 Å². The fraction of sp³-hybridized carbons (Fsp3) is 0.500. The number of likely N-dealkylation sites (N-methyl/N-ethyl adjacent to an activating group) is 1. The highest BCUT2D eigenvalue weighted by molar-refractivity contribution is 6.37. The van der Waals surface area contributed by atoms with Crippen molar-refractivity contribution in [1.82, 2.24) is 9.88 Å². The van der Waals surface area contributed by atoms with Gasteiger partial charge in [-0.25, -0.2) is 10.8 Å². The monoisotopic (exact) mass is 277 g/mol. The van der Waals surface area contributed by atoms with Crippen molar-refractivity contribution in [3.63, 3.8) is 0 Å². The predicted molar refractivity (Wildman–Crippen MR) is 73.7 cm³/mol. The molecule has 0 saturated heterocycles. The van der Waals surface area contributed by atoms with Gasteiger partial charge in [0, 0.05) is 12.6 Å². The van der Waals surface area contributed by atoms with Crippen LogP contribution < -0.4 is 16.6 Å². The summed E-state index contributed by atoms with van der Waals surface area (Å²) in [6, 6.07) is 1.96. The third-order valence-electron chi connectivity index (χ3n) is 2.51. The van der Waals surface area contributed by atoms with Crippen molar-refractivity contribution in [2.45, 2.75) is 13.0 Å². The Labute approximate surface area is 111 Å². The lowest BCUT2D eigenvalue weighted by Crippen LogP contribution is -2.31. The Morgan fingerprint density at radius 3 is 2.47 bits per heavy atom. The van der Waals surface area contributed by atoms with Crippen LogP contribution in [-0.2, 0) is 0 Å². The molecule has 0 amide bonds. The average Bonchev–Trinajstić information content (AvgIpc) is 2.27. The van der Waals surface area contributed by atoms with Gasteiger partial charge in [-0.15, -0.1) is 0 Å². The number of nitrogens with one attached hydrogen (secondary N) is 2. The number of nitrogens with two attached hydrogens (primary N) is 1. The van der Waals surface area contributed by atoms with E-state index >= 15 is 0 Å². The lowest BCUT2D eigenvalue weighted by Gasteiger charge is -2.20. The Morgan fingerprint density at radius 1 is 1.35 bits per heavy atom. The van der Waals surface area contributed by atoms with Gasteiger partial charge in [-0.1, -0.05) is 23.2 Å². The molecule has 0 saturated carbocycles. The third kappa shape index (κ3) is 3.89. The summed E-state index contributed by atoms with van der Waals surface area (Å²) in [5.74, 6) is 6.26. The first-order valence-electron chi connectivity index (χ1n) is 5.18. The number of nitrogens with zero attached hydrogens (tertiary/aromatic N) is 2. The molecule has 0 aromatic carbocycles. The van der Waals surface area contributed by atoms with Gasteiger partial charge in [0.25, 0.3) is 0 Å². The molecule has 17 heavy (non-hydrogen) atoms. The summed E-state index contributed by atoms with van der Waals surface area (Å²) in [6.07, 6.45) is 0. The Balaban J connectivity index is 2.77. The molecular formula is C10H17Cl2N5. The maximum atomic E-state index is 6.03. The smallest absolute Gasteiger partial charge is 0.161 e. The quantitative estimate of drug-likeness (QED) is 0.568. The molecule has 4 N–H and O–H groups in total. The third-order valence-corrected chi connectivity index (χ3v) is 3.09. The van der Waals surface area contributed by atoms with Crippen LogP contribution in [0.15, 0.2) is 6.07 Å². The maximum Gasteiger partial charge on any atom is 0.161 e. The van der Waals surface area contributed by atoms with Crippen LogP contribution >= 0.6 is 23.2 Å². The molecule has 1 aromatic rings. The summed E-state index contributed by atoms with van der Waals surface area (Å²) >= 11 is 11.9. The predicted octanol–water partition coefficient (Wildman–Crippen LogP) is 2.04. The molecule has 0 aliphatic heterocycles. The van der Waals surface area contributed by atoms with E-state index in [2.05, 4.69) is 27.6 Å². The number of halogens is 2. The number of hydrazine groups is 1. The van der Waals surface area contributed by atoms with E-state index in [1.54, 1.807) is 6.07 Å². The molecule has 1 aromatic heterocycles. The number of hydrogen-bond donors (Lipinski definition) is 3. The number of rotatable bonds is 5. The largest absolute Gasteiger partial charge is 0.367 e. The van der Waals surface area contributed by atoms with E-state index < -0.39 is 0 Å². The van der Waals surface area contributed by atoms with Gasteiger partial charge in [-0.3, -0.25) is 0 Å². The number of hydrogen-bond acceptors (Lipinski definition) is 5. The Hall–Kier alpha value is -0.750. The lowest BCUT2D eigenvalue weighted by atomic mass is 10.3. The van der Waals surface area contributed by atoms with Crippen LogP contribution in [-0.4, -0.2) is 36.6 Å². The Bertz CT molecular complexity index is 383. The summed E-state index contributed by atoms with van der Waals surface area (Å²) in [6.45, 7) is 2.82. The minimum atomic E-state index is 0.359. The zero-order valence-electron chi connectivity index (χ0n) is 10.1. The molecule has 0 radical (unpaired) electrons. The van der Waals surface area contributed by atoms with E-state index in [-0.39, 0.29) is 0 Å². The lowest BCUT2D eigenvalue weighted by molar-refractivity contribution is 0.326. The first kappa shape index (κ1) is 14.3. The molecule has 1 heterocycles. The number of pyridine rings is 1. The Kier molecular flexibility index (Phi) is 5.27. The minimum absolute atomic E-state index is 0.359. The molecule has 1 atom stereocenters. The number of nitrogen functional groups attached to an aromatic ring is 1. The number of anilines is 2. The summed E-state index contributed by atoms with van der Waals surface area (Å²) in [5.41, 5.74) is 2.42. The summed E-state index contributed by atoms with van der Waals surface area (Å²) in [7, 11) is 4.02. The highest BCUT2D eigenvalue weighted by atomic mass is 35.5. The van der Waals surface area contributed by atoms with E-state index in [0.29, 0.717) is 27.7 Å². The topological polar surface area (TPSA) is 66.2 Å². The fourth-order valence-electron chi connectivity index (χ4n) is 1.12. The molecule has 0 fully saturated rings. The normalized spacial score (nSPS) is 12.6. The highest BCUT2D eigenvalue weighted by Gasteiger charge is 2.10. The van der Waals surface area contributed by atoms with Crippen LogP contribution in [0.5, 0.6) is 0 Å². The van der Waals surface area contributed by atoms with Gasteiger partial charge in [0.1, 0.15) is 5.82 Å².